The number of benzene rings is 1. The van der Waals surface area contributed by atoms with Crippen molar-refractivity contribution in [1.29, 1.82) is 0 Å². The first-order valence-corrected chi connectivity index (χ1v) is 6.93. The van der Waals surface area contributed by atoms with E-state index in [1.54, 1.807) is 6.20 Å². The molecule has 1 N–H and O–H groups in total. The van der Waals surface area contributed by atoms with Crippen LogP contribution in [0.5, 0.6) is 0 Å². The summed E-state index contributed by atoms with van der Waals surface area (Å²) >= 11 is 15.6. The molecule has 0 aliphatic heterocycles. The summed E-state index contributed by atoms with van der Waals surface area (Å²) in [7, 11) is 1.96. The zero-order valence-corrected chi connectivity index (χ0v) is 13.0. The Morgan fingerprint density at radius 2 is 2.06 bits per heavy atom. The van der Waals surface area contributed by atoms with E-state index in [0.29, 0.717) is 10.0 Å². The van der Waals surface area contributed by atoms with Crippen molar-refractivity contribution in [3.8, 4) is 0 Å². The number of aromatic nitrogens is 2. The van der Waals surface area contributed by atoms with Crippen molar-refractivity contribution in [2.75, 3.05) is 5.32 Å². The summed E-state index contributed by atoms with van der Waals surface area (Å²) in [6.45, 7) is 2.02. The molecule has 1 atom stereocenters. The zero-order chi connectivity index (χ0) is 13.3. The fourth-order valence-corrected chi connectivity index (χ4v) is 2.56. The van der Waals surface area contributed by atoms with E-state index < -0.39 is 0 Å². The second-order valence-electron chi connectivity index (χ2n) is 3.99. The molecule has 0 amide bonds. The van der Waals surface area contributed by atoms with Crippen LogP contribution in [0.3, 0.4) is 0 Å². The fraction of sp³-hybridized carbons (Fsp3) is 0.250. The second kappa shape index (κ2) is 5.51. The smallest absolute Gasteiger partial charge is 0.130 e. The molecule has 0 saturated heterocycles. The average molecular weight is 349 g/mol. The number of nitrogens with one attached hydrogen (secondary N) is 1. The molecule has 18 heavy (non-hydrogen) atoms. The van der Waals surface area contributed by atoms with Crippen molar-refractivity contribution in [2.24, 2.45) is 7.05 Å². The number of rotatable bonds is 3. The lowest BCUT2D eigenvalue weighted by molar-refractivity contribution is 0.722. The van der Waals surface area contributed by atoms with Crippen LogP contribution < -0.4 is 5.32 Å². The van der Waals surface area contributed by atoms with E-state index in [1.807, 2.05) is 36.9 Å². The van der Waals surface area contributed by atoms with Gasteiger partial charge in [0, 0.05) is 23.9 Å². The van der Waals surface area contributed by atoms with Gasteiger partial charge in [-0.2, -0.15) is 0 Å². The molecular formula is C12H12BrCl2N3. The minimum Gasteiger partial charge on any atom is -0.374 e. The van der Waals surface area contributed by atoms with Gasteiger partial charge in [-0.25, -0.2) is 4.98 Å². The normalized spacial score (nSPS) is 12.5. The van der Waals surface area contributed by atoms with Crippen LogP contribution in [-0.2, 0) is 7.05 Å². The maximum atomic E-state index is 6.19. The number of imidazole rings is 1. The van der Waals surface area contributed by atoms with E-state index in [9.17, 15) is 0 Å². The minimum absolute atomic E-state index is 0.0414. The fourth-order valence-electron chi connectivity index (χ4n) is 1.73. The van der Waals surface area contributed by atoms with Crippen LogP contribution in [0.4, 0.5) is 5.69 Å². The van der Waals surface area contributed by atoms with Crippen LogP contribution in [0, 0.1) is 0 Å². The molecule has 96 valence electrons. The third kappa shape index (κ3) is 2.66. The standard InChI is InChI=1S/C12H12BrCl2N3/c1-7(12-16-5-6-18(12)2)17-9-4-3-8(13)10(14)11(9)15/h3-7,17H,1-2H3. The monoisotopic (exact) mass is 347 g/mol. The molecule has 0 aliphatic carbocycles. The molecule has 6 heteroatoms. The first-order valence-electron chi connectivity index (χ1n) is 5.38. The van der Waals surface area contributed by atoms with Crippen molar-refractivity contribution in [3.63, 3.8) is 0 Å². The predicted octanol–water partition coefficient (Wildman–Crippen LogP) is 4.66. The van der Waals surface area contributed by atoms with Gasteiger partial charge in [0.2, 0.25) is 0 Å². The molecular weight excluding hydrogens is 337 g/mol. The van der Waals surface area contributed by atoms with Gasteiger partial charge in [0.15, 0.2) is 0 Å². The summed E-state index contributed by atoms with van der Waals surface area (Å²) in [5.41, 5.74) is 0.792. The van der Waals surface area contributed by atoms with Crippen LogP contribution in [0.15, 0.2) is 29.0 Å². The van der Waals surface area contributed by atoms with Gasteiger partial charge in [-0.1, -0.05) is 23.2 Å². The van der Waals surface area contributed by atoms with E-state index in [1.165, 1.54) is 0 Å². The number of halogens is 3. The van der Waals surface area contributed by atoms with Crippen molar-refractivity contribution in [1.82, 2.24) is 9.55 Å². The molecule has 0 saturated carbocycles. The first kappa shape index (κ1) is 13.7. The number of hydrogen-bond acceptors (Lipinski definition) is 2. The zero-order valence-electron chi connectivity index (χ0n) is 9.92. The number of hydrogen-bond donors (Lipinski definition) is 1. The Bertz CT molecular complexity index is 568. The van der Waals surface area contributed by atoms with Crippen LogP contribution in [0.2, 0.25) is 10.0 Å². The van der Waals surface area contributed by atoms with Crippen LogP contribution in [-0.4, -0.2) is 9.55 Å². The van der Waals surface area contributed by atoms with Crippen LogP contribution >= 0.6 is 39.1 Å². The molecule has 1 aromatic heterocycles. The van der Waals surface area contributed by atoms with Gasteiger partial charge in [-0.05, 0) is 35.0 Å². The highest BCUT2D eigenvalue weighted by Gasteiger charge is 2.14. The van der Waals surface area contributed by atoms with Crippen molar-refractivity contribution < 1.29 is 0 Å². The maximum absolute atomic E-state index is 6.19. The summed E-state index contributed by atoms with van der Waals surface area (Å²) < 4.78 is 2.75. The number of anilines is 1. The van der Waals surface area contributed by atoms with Crippen molar-refractivity contribution >= 4 is 44.8 Å². The van der Waals surface area contributed by atoms with Gasteiger partial charge in [0.25, 0.3) is 0 Å². The Morgan fingerprint density at radius 1 is 1.33 bits per heavy atom. The Balaban J connectivity index is 2.25. The van der Waals surface area contributed by atoms with Gasteiger partial charge in [-0.15, -0.1) is 0 Å². The van der Waals surface area contributed by atoms with Gasteiger partial charge < -0.3 is 9.88 Å². The summed E-state index contributed by atoms with van der Waals surface area (Å²) in [5.74, 6) is 0.935. The molecule has 1 aromatic carbocycles. The molecule has 0 spiro atoms. The highest BCUT2D eigenvalue weighted by Crippen LogP contribution is 2.37. The molecule has 0 bridgehead atoms. The highest BCUT2D eigenvalue weighted by molar-refractivity contribution is 9.10. The van der Waals surface area contributed by atoms with Crippen LogP contribution in [0.1, 0.15) is 18.8 Å². The van der Waals surface area contributed by atoms with Crippen LogP contribution in [0.25, 0.3) is 0 Å². The predicted molar refractivity (Wildman–Crippen MR) is 79.4 cm³/mol. The van der Waals surface area contributed by atoms with Gasteiger partial charge in [0.05, 0.1) is 21.8 Å². The average Bonchev–Trinajstić information content (AvgIpc) is 2.76. The Morgan fingerprint density at radius 3 is 2.67 bits per heavy atom. The van der Waals surface area contributed by atoms with E-state index in [0.717, 1.165) is 16.0 Å². The molecule has 0 radical (unpaired) electrons. The number of aryl methyl sites for hydroxylation is 1. The molecule has 1 unspecified atom stereocenters. The molecule has 2 aromatic rings. The summed E-state index contributed by atoms with van der Waals surface area (Å²) in [5, 5.41) is 4.32. The van der Waals surface area contributed by atoms with E-state index in [-0.39, 0.29) is 6.04 Å². The van der Waals surface area contributed by atoms with E-state index in [4.69, 9.17) is 23.2 Å². The van der Waals surface area contributed by atoms with Gasteiger partial charge >= 0.3 is 0 Å². The van der Waals surface area contributed by atoms with Gasteiger partial charge in [-0.3, -0.25) is 0 Å². The molecule has 1 heterocycles. The lowest BCUT2D eigenvalue weighted by atomic mass is 10.2. The first-order chi connectivity index (χ1) is 8.50. The van der Waals surface area contributed by atoms with E-state index >= 15 is 0 Å². The molecule has 3 nitrogen and oxygen atoms in total. The second-order valence-corrected chi connectivity index (χ2v) is 5.60. The lowest BCUT2D eigenvalue weighted by Crippen LogP contribution is -2.12. The van der Waals surface area contributed by atoms with E-state index in [2.05, 4.69) is 26.2 Å². The Hall–Kier alpha value is -0.710. The highest BCUT2D eigenvalue weighted by atomic mass is 79.9. The Labute approximate surface area is 124 Å². The maximum Gasteiger partial charge on any atom is 0.130 e. The summed E-state index contributed by atoms with van der Waals surface area (Å²) in [6, 6.07) is 3.79. The topological polar surface area (TPSA) is 29.9 Å². The third-order valence-electron chi connectivity index (χ3n) is 2.65. The number of nitrogens with zero attached hydrogens (tertiary/aromatic N) is 2. The molecule has 0 fully saturated rings. The lowest BCUT2D eigenvalue weighted by Gasteiger charge is -2.17. The quantitative estimate of drug-likeness (QED) is 0.817. The third-order valence-corrected chi connectivity index (χ3v) is 4.42. The summed E-state index contributed by atoms with van der Waals surface area (Å²) in [4.78, 5) is 4.30. The summed E-state index contributed by atoms with van der Waals surface area (Å²) in [6.07, 6.45) is 3.67. The van der Waals surface area contributed by atoms with Crippen molar-refractivity contribution in [3.05, 3.63) is 44.9 Å². The molecule has 0 aliphatic rings. The SMILES string of the molecule is CC(Nc1ccc(Br)c(Cl)c1Cl)c1nccn1C. The minimum atomic E-state index is 0.0414. The Kier molecular flexibility index (Phi) is 4.20. The molecule has 2 rings (SSSR count). The largest absolute Gasteiger partial charge is 0.374 e. The van der Waals surface area contributed by atoms with Gasteiger partial charge in [0.1, 0.15) is 5.82 Å². The van der Waals surface area contributed by atoms with Crippen molar-refractivity contribution in [2.45, 2.75) is 13.0 Å².